The topological polar surface area (TPSA) is 69.2 Å². The SMILES string of the molecule is CCOC(=O)c1nc(C(=O)c2ccccc2)cnc1-c1ccccc1. The van der Waals surface area contributed by atoms with Gasteiger partial charge in [-0.3, -0.25) is 9.78 Å². The fraction of sp³-hybridized carbons (Fsp3) is 0.100. The van der Waals surface area contributed by atoms with Gasteiger partial charge in [0.05, 0.1) is 12.8 Å². The van der Waals surface area contributed by atoms with Crippen LogP contribution in [-0.2, 0) is 4.74 Å². The molecule has 0 atom stereocenters. The standard InChI is InChI=1S/C20H16N2O3/c1-2-25-20(24)18-17(14-9-5-3-6-10-14)21-13-16(22-18)19(23)15-11-7-4-8-12-15/h3-13H,2H2,1H3. The third-order valence-corrected chi connectivity index (χ3v) is 3.56. The number of aromatic nitrogens is 2. The van der Waals surface area contributed by atoms with Crippen LogP contribution in [-0.4, -0.2) is 28.3 Å². The van der Waals surface area contributed by atoms with Crippen molar-refractivity contribution in [1.82, 2.24) is 9.97 Å². The molecule has 2 aromatic carbocycles. The van der Waals surface area contributed by atoms with Gasteiger partial charge in [-0.05, 0) is 6.92 Å². The van der Waals surface area contributed by atoms with Crippen LogP contribution < -0.4 is 0 Å². The molecule has 124 valence electrons. The zero-order valence-electron chi connectivity index (χ0n) is 13.7. The van der Waals surface area contributed by atoms with Gasteiger partial charge < -0.3 is 4.74 Å². The number of hydrogen-bond acceptors (Lipinski definition) is 5. The molecule has 1 heterocycles. The summed E-state index contributed by atoms with van der Waals surface area (Å²) in [6.07, 6.45) is 1.39. The Kier molecular flexibility index (Phi) is 4.95. The molecule has 5 nitrogen and oxygen atoms in total. The molecule has 3 aromatic rings. The van der Waals surface area contributed by atoms with E-state index in [1.54, 1.807) is 31.2 Å². The summed E-state index contributed by atoms with van der Waals surface area (Å²) in [5.41, 5.74) is 1.75. The molecule has 0 aliphatic rings. The summed E-state index contributed by atoms with van der Waals surface area (Å²) in [6, 6.07) is 18.0. The van der Waals surface area contributed by atoms with Crippen LogP contribution in [0, 0.1) is 0 Å². The van der Waals surface area contributed by atoms with Crippen molar-refractivity contribution < 1.29 is 14.3 Å². The molecule has 3 rings (SSSR count). The van der Waals surface area contributed by atoms with Crippen LogP contribution in [0.1, 0.15) is 33.5 Å². The van der Waals surface area contributed by atoms with Crippen molar-refractivity contribution in [2.24, 2.45) is 0 Å². The summed E-state index contributed by atoms with van der Waals surface area (Å²) >= 11 is 0. The molecule has 0 amide bonds. The Balaban J connectivity index is 2.07. The van der Waals surface area contributed by atoms with E-state index < -0.39 is 5.97 Å². The van der Waals surface area contributed by atoms with Crippen molar-refractivity contribution >= 4 is 11.8 Å². The van der Waals surface area contributed by atoms with Crippen molar-refractivity contribution in [3.05, 3.63) is 83.8 Å². The van der Waals surface area contributed by atoms with Crippen LogP contribution >= 0.6 is 0 Å². The lowest BCUT2D eigenvalue weighted by Crippen LogP contribution is -2.14. The van der Waals surface area contributed by atoms with Crippen LogP contribution in [0.5, 0.6) is 0 Å². The van der Waals surface area contributed by atoms with E-state index in [0.29, 0.717) is 11.3 Å². The fourth-order valence-electron chi connectivity index (χ4n) is 2.38. The van der Waals surface area contributed by atoms with E-state index >= 15 is 0 Å². The molecule has 0 aliphatic heterocycles. The summed E-state index contributed by atoms with van der Waals surface area (Å²) in [5.74, 6) is -0.894. The van der Waals surface area contributed by atoms with Gasteiger partial charge in [0, 0.05) is 11.1 Å². The van der Waals surface area contributed by atoms with E-state index in [9.17, 15) is 9.59 Å². The highest BCUT2D eigenvalue weighted by Gasteiger charge is 2.21. The second-order valence-corrected chi connectivity index (χ2v) is 5.23. The smallest absolute Gasteiger partial charge is 0.359 e. The average Bonchev–Trinajstić information content (AvgIpc) is 2.68. The molecule has 0 radical (unpaired) electrons. The van der Waals surface area contributed by atoms with Crippen LogP contribution in [0.2, 0.25) is 0 Å². The van der Waals surface area contributed by atoms with Crippen molar-refractivity contribution in [3.63, 3.8) is 0 Å². The van der Waals surface area contributed by atoms with Gasteiger partial charge in [-0.2, -0.15) is 0 Å². The number of carbonyl (C=O) groups is 2. The first-order valence-electron chi connectivity index (χ1n) is 7.90. The second-order valence-electron chi connectivity index (χ2n) is 5.23. The molecule has 0 unspecified atom stereocenters. The number of ketones is 1. The van der Waals surface area contributed by atoms with E-state index in [0.717, 1.165) is 5.56 Å². The van der Waals surface area contributed by atoms with Crippen LogP contribution in [0.3, 0.4) is 0 Å². The lowest BCUT2D eigenvalue weighted by Gasteiger charge is -2.09. The number of rotatable bonds is 5. The van der Waals surface area contributed by atoms with Gasteiger partial charge in [0.1, 0.15) is 11.4 Å². The van der Waals surface area contributed by atoms with Gasteiger partial charge in [-0.15, -0.1) is 0 Å². The Morgan fingerprint density at radius 1 is 0.960 bits per heavy atom. The molecular weight excluding hydrogens is 316 g/mol. The summed E-state index contributed by atoms with van der Waals surface area (Å²) < 4.78 is 5.08. The van der Waals surface area contributed by atoms with Crippen LogP contribution in [0.25, 0.3) is 11.3 Å². The van der Waals surface area contributed by atoms with Crippen molar-refractivity contribution in [2.45, 2.75) is 6.92 Å². The molecule has 0 saturated carbocycles. The molecule has 0 aliphatic carbocycles. The lowest BCUT2D eigenvalue weighted by molar-refractivity contribution is 0.0520. The molecule has 25 heavy (non-hydrogen) atoms. The van der Waals surface area contributed by atoms with E-state index in [2.05, 4.69) is 9.97 Å². The molecule has 0 bridgehead atoms. The highest BCUT2D eigenvalue weighted by Crippen LogP contribution is 2.21. The number of nitrogens with zero attached hydrogens (tertiary/aromatic N) is 2. The third kappa shape index (κ3) is 3.61. The third-order valence-electron chi connectivity index (χ3n) is 3.56. The molecule has 0 spiro atoms. The van der Waals surface area contributed by atoms with E-state index in [1.807, 2.05) is 36.4 Å². The number of benzene rings is 2. The van der Waals surface area contributed by atoms with Gasteiger partial charge in [-0.25, -0.2) is 9.78 Å². The largest absolute Gasteiger partial charge is 0.461 e. The van der Waals surface area contributed by atoms with Gasteiger partial charge in [0.25, 0.3) is 0 Å². The summed E-state index contributed by atoms with van der Waals surface area (Å²) in [5, 5.41) is 0. The first-order valence-corrected chi connectivity index (χ1v) is 7.90. The Hall–Kier alpha value is -3.34. The number of hydrogen-bond donors (Lipinski definition) is 0. The normalized spacial score (nSPS) is 10.3. The van der Waals surface area contributed by atoms with E-state index in [1.165, 1.54) is 6.20 Å². The monoisotopic (exact) mass is 332 g/mol. The Morgan fingerprint density at radius 3 is 2.24 bits per heavy atom. The first-order chi connectivity index (χ1) is 12.2. The summed E-state index contributed by atoms with van der Waals surface area (Å²) in [7, 11) is 0. The van der Waals surface area contributed by atoms with Crippen molar-refractivity contribution in [1.29, 1.82) is 0 Å². The number of ether oxygens (including phenoxy) is 1. The predicted molar refractivity (Wildman–Crippen MR) is 93.3 cm³/mol. The molecular formula is C20H16N2O3. The minimum atomic E-state index is -0.600. The lowest BCUT2D eigenvalue weighted by atomic mass is 10.1. The molecule has 0 fully saturated rings. The predicted octanol–water partition coefficient (Wildman–Crippen LogP) is 3.55. The van der Waals surface area contributed by atoms with Gasteiger partial charge in [0.15, 0.2) is 5.69 Å². The zero-order chi connectivity index (χ0) is 17.6. The van der Waals surface area contributed by atoms with Crippen LogP contribution in [0.15, 0.2) is 66.9 Å². The molecule has 5 heteroatoms. The van der Waals surface area contributed by atoms with Gasteiger partial charge in [0.2, 0.25) is 5.78 Å². The zero-order valence-corrected chi connectivity index (χ0v) is 13.7. The summed E-state index contributed by atoms with van der Waals surface area (Å²) in [4.78, 5) is 33.5. The number of esters is 1. The minimum absolute atomic E-state index is 0.0369. The van der Waals surface area contributed by atoms with E-state index in [4.69, 9.17) is 4.74 Å². The minimum Gasteiger partial charge on any atom is -0.461 e. The summed E-state index contributed by atoms with van der Waals surface area (Å²) in [6.45, 7) is 1.93. The fourth-order valence-corrected chi connectivity index (χ4v) is 2.38. The van der Waals surface area contributed by atoms with Gasteiger partial charge in [-0.1, -0.05) is 60.7 Å². The Morgan fingerprint density at radius 2 is 1.60 bits per heavy atom. The highest BCUT2D eigenvalue weighted by atomic mass is 16.5. The first kappa shape index (κ1) is 16.5. The second kappa shape index (κ2) is 7.49. The molecule has 1 aromatic heterocycles. The maximum absolute atomic E-state index is 12.6. The average molecular weight is 332 g/mol. The van der Waals surface area contributed by atoms with E-state index in [-0.39, 0.29) is 23.8 Å². The molecule has 0 saturated heterocycles. The maximum atomic E-state index is 12.6. The Labute approximate surface area is 145 Å². The number of carbonyl (C=O) groups excluding carboxylic acids is 2. The highest BCUT2D eigenvalue weighted by molar-refractivity contribution is 6.08. The quantitative estimate of drug-likeness (QED) is 0.528. The van der Waals surface area contributed by atoms with Crippen molar-refractivity contribution in [3.8, 4) is 11.3 Å². The molecule has 0 N–H and O–H groups in total. The maximum Gasteiger partial charge on any atom is 0.359 e. The van der Waals surface area contributed by atoms with Crippen LogP contribution in [0.4, 0.5) is 0 Å². The Bertz CT molecular complexity index is 893. The van der Waals surface area contributed by atoms with Crippen molar-refractivity contribution in [2.75, 3.05) is 6.61 Å². The van der Waals surface area contributed by atoms with Gasteiger partial charge >= 0.3 is 5.97 Å².